The van der Waals surface area contributed by atoms with E-state index in [1.807, 2.05) is 33.2 Å². The second-order valence-corrected chi connectivity index (χ2v) is 8.12. The molecule has 0 unspecified atom stereocenters. The molecule has 24 heavy (non-hydrogen) atoms. The average Bonchev–Trinajstić information content (AvgIpc) is 2.88. The maximum atomic E-state index is 12.0. The molecule has 0 bridgehead atoms. The fourth-order valence-corrected chi connectivity index (χ4v) is 3.54. The second-order valence-electron chi connectivity index (χ2n) is 7.31. The van der Waals surface area contributed by atoms with Gasteiger partial charge in [0, 0.05) is 12.1 Å². The van der Waals surface area contributed by atoms with E-state index in [1.165, 1.54) is 0 Å². The first-order chi connectivity index (χ1) is 11.3. The SMILES string of the molecule is CC(C)(C)OC(=O)N[C@@H]1CCC[C@H](n2cnc3cnc(Br)cc32)C1. The summed E-state index contributed by atoms with van der Waals surface area (Å²) in [7, 11) is 0. The van der Waals surface area contributed by atoms with Gasteiger partial charge in [-0.2, -0.15) is 0 Å². The lowest BCUT2D eigenvalue weighted by Crippen LogP contribution is -2.41. The minimum atomic E-state index is -0.474. The number of fused-ring (bicyclic) bond motifs is 1. The molecule has 0 spiro atoms. The zero-order chi connectivity index (χ0) is 17.3. The van der Waals surface area contributed by atoms with Crippen LogP contribution in [-0.2, 0) is 4.74 Å². The van der Waals surface area contributed by atoms with Gasteiger partial charge < -0.3 is 14.6 Å². The van der Waals surface area contributed by atoms with Crippen LogP contribution in [0.25, 0.3) is 11.0 Å². The third kappa shape index (κ3) is 4.06. The number of nitrogens with zero attached hydrogens (tertiary/aromatic N) is 3. The molecule has 7 heteroatoms. The number of pyridine rings is 1. The van der Waals surface area contributed by atoms with Gasteiger partial charge in [0.15, 0.2) is 0 Å². The number of hydrogen-bond acceptors (Lipinski definition) is 4. The summed E-state index contributed by atoms with van der Waals surface area (Å²) in [5.74, 6) is 0. The van der Waals surface area contributed by atoms with E-state index in [1.54, 1.807) is 6.20 Å². The first kappa shape index (κ1) is 17.2. The second kappa shape index (κ2) is 6.70. The minimum Gasteiger partial charge on any atom is -0.444 e. The normalized spacial score (nSPS) is 21.7. The quantitative estimate of drug-likeness (QED) is 0.774. The van der Waals surface area contributed by atoms with Crippen LogP contribution in [-0.4, -0.2) is 32.3 Å². The van der Waals surface area contributed by atoms with Gasteiger partial charge in [-0.05, 0) is 68.5 Å². The van der Waals surface area contributed by atoms with Gasteiger partial charge in [0.05, 0.1) is 18.0 Å². The molecule has 0 aliphatic heterocycles. The smallest absolute Gasteiger partial charge is 0.407 e. The molecule has 130 valence electrons. The summed E-state index contributed by atoms with van der Waals surface area (Å²) in [6.45, 7) is 5.62. The lowest BCUT2D eigenvalue weighted by Gasteiger charge is -2.31. The van der Waals surface area contributed by atoms with E-state index in [9.17, 15) is 4.79 Å². The van der Waals surface area contributed by atoms with Crippen LogP contribution in [0.5, 0.6) is 0 Å². The highest BCUT2D eigenvalue weighted by Gasteiger charge is 2.27. The maximum Gasteiger partial charge on any atom is 0.407 e. The topological polar surface area (TPSA) is 69.0 Å². The Morgan fingerprint density at radius 2 is 2.17 bits per heavy atom. The molecule has 0 saturated heterocycles. The number of imidazole rings is 1. The number of carbonyl (C=O) groups is 1. The molecule has 1 amide bonds. The van der Waals surface area contributed by atoms with Crippen molar-refractivity contribution in [2.24, 2.45) is 0 Å². The lowest BCUT2D eigenvalue weighted by atomic mass is 9.91. The minimum absolute atomic E-state index is 0.126. The van der Waals surface area contributed by atoms with Crippen LogP contribution in [0.3, 0.4) is 0 Å². The third-order valence-corrected chi connectivity index (χ3v) is 4.62. The molecule has 2 aromatic heterocycles. The van der Waals surface area contributed by atoms with Crippen molar-refractivity contribution in [3.05, 3.63) is 23.2 Å². The fraction of sp³-hybridized carbons (Fsp3) is 0.588. The van der Waals surface area contributed by atoms with Crippen LogP contribution >= 0.6 is 15.9 Å². The Balaban J connectivity index is 1.71. The molecular weight excluding hydrogens is 372 g/mol. The zero-order valence-corrected chi connectivity index (χ0v) is 15.8. The number of carbonyl (C=O) groups excluding carboxylic acids is 1. The highest BCUT2D eigenvalue weighted by atomic mass is 79.9. The average molecular weight is 395 g/mol. The number of alkyl carbamates (subject to hydrolysis) is 1. The van der Waals surface area contributed by atoms with E-state index >= 15 is 0 Å². The van der Waals surface area contributed by atoms with Crippen molar-refractivity contribution in [3.63, 3.8) is 0 Å². The van der Waals surface area contributed by atoms with Gasteiger partial charge in [-0.15, -0.1) is 0 Å². The van der Waals surface area contributed by atoms with Gasteiger partial charge in [0.1, 0.15) is 15.7 Å². The van der Waals surface area contributed by atoms with Crippen molar-refractivity contribution in [2.45, 2.75) is 64.1 Å². The van der Waals surface area contributed by atoms with Crippen molar-refractivity contribution in [2.75, 3.05) is 0 Å². The molecule has 3 rings (SSSR count). The Morgan fingerprint density at radius 3 is 2.92 bits per heavy atom. The Hall–Kier alpha value is -1.63. The highest BCUT2D eigenvalue weighted by Crippen LogP contribution is 2.31. The summed E-state index contributed by atoms with van der Waals surface area (Å²) in [6, 6.07) is 2.44. The number of ether oxygens (including phenoxy) is 1. The lowest BCUT2D eigenvalue weighted by molar-refractivity contribution is 0.0486. The number of aromatic nitrogens is 3. The van der Waals surface area contributed by atoms with Crippen LogP contribution in [0.1, 0.15) is 52.5 Å². The van der Waals surface area contributed by atoms with E-state index < -0.39 is 5.60 Å². The molecule has 1 aliphatic carbocycles. The first-order valence-corrected chi connectivity index (χ1v) is 9.09. The Morgan fingerprint density at radius 1 is 1.38 bits per heavy atom. The van der Waals surface area contributed by atoms with E-state index in [0.29, 0.717) is 6.04 Å². The van der Waals surface area contributed by atoms with E-state index in [0.717, 1.165) is 41.3 Å². The fourth-order valence-electron chi connectivity index (χ4n) is 3.22. The molecule has 0 aromatic carbocycles. The monoisotopic (exact) mass is 394 g/mol. The van der Waals surface area contributed by atoms with Crippen LogP contribution in [0.2, 0.25) is 0 Å². The number of halogens is 1. The van der Waals surface area contributed by atoms with E-state index in [4.69, 9.17) is 4.74 Å². The highest BCUT2D eigenvalue weighted by molar-refractivity contribution is 9.10. The van der Waals surface area contributed by atoms with Gasteiger partial charge in [-0.25, -0.2) is 14.8 Å². The molecule has 1 aliphatic rings. The van der Waals surface area contributed by atoms with Gasteiger partial charge in [-0.3, -0.25) is 0 Å². The predicted molar refractivity (Wildman–Crippen MR) is 95.9 cm³/mol. The summed E-state index contributed by atoms with van der Waals surface area (Å²) in [5.41, 5.74) is 1.48. The van der Waals surface area contributed by atoms with Crippen LogP contribution in [0.4, 0.5) is 4.79 Å². The molecule has 6 nitrogen and oxygen atoms in total. The summed E-state index contributed by atoms with van der Waals surface area (Å²) in [4.78, 5) is 20.7. The Kier molecular flexibility index (Phi) is 4.80. The van der Waals surface area contributed by atoms with Gasteiger partial charge >= 0.3 is 6.09 Å². The summed E-state index contributed by atoms with van der Waals surface area (Å²) < 4.78 is 8.37. The maximum absolute atomic E-state index is 12.0. The standard InChI is InChI=1S/C17H23BrN4O2/c1-17(2,3)24-16(23)21-11-5-4-6-12(7-11)22-10-20-13-9-19-15(18)8-14(13)22/h8-12H,4-7H2,1-3H3,(H,21,23)/t11-,12+/m1/s1. The largest absolute Gasteiger partial charge is 0.444 e. The van der Waals surface area contributed by atoms with Crippen molar-refractivity contribution in [1.82, 2.24) is 19.9 Å². The van der Waals surface area contributed by atoms with Crippen molar-refractivity contribution >= 4 is 33.1 Å². The van der Waals surface area contributed by atoms with E-state index in [-0.39, 0.29) is 12.1 Å². The van der Waals surface area contributed by atoms with Crippen molar-refractivity contribution in [3.8, 4) is 0 Å². The number of hydrogen-bond donors (Lipinski definition) is 1. The molecule has 1 saturated carbocycles. The van der Waals surface area contributed by atoms with Gasteiger partial charge in [0.25, 0.3) is 0 Å². The van der Waals surface area contributed by atoms with E-state index in [2.05, 4.69) is 35.8 Å². The Labute approximate surface area is 150 Å². The van der Waals surface area contributed by atoms with Gasteiger partial charge in [-0.1, -0.05) is 0 Å². The number of amides is 1. The molecular formula is C17H23BrN4O2. The van der Waals surface area contributed by atoms with Gasteiger partial charge in [0.2, 0.25) is 0 Å². The summed E-state index contributed by atoms with van der Waals surface area (Å²) >= 11 is 3.42. The number of nitrogens with one attached hydrogen (secondary N) is 1. The molecule has 1 N–H and O–H groups in total. The molecule has 1 fully saturated rings. The van der Waals surface area contributed by atoms with Crippen LogP contribution in [0, 0.1) is 0 Å². The molecule has 2 aromatic rings. The predicted octanol–water partition coefficient (Wildman–Crippen LogP) is 4.20. The van der Waals surface area contributed by atoms with Crippen molar-refractivity contribution in [1.29, 1.82) is 0 Å². The van der Waals surface area contributed by atoms with Crippen LogP contribution in [0.15, 0.2) is 23.2 Å². The molecule has 2 heterocycles. The molecule has 2 atom stereocenters. The van der Waals surface area contributed by atoms with Crippen molar-refractivity contribution < 1.29 is 9.53 Å². The van der Waals surface area contributed by atoms with Crippen LogP contribution < -0.4 is 5.32 Å². The summed E-state index contributed by atoms with van der Waals surface area (Å²) in [6.07, 6.45) is 7.32. The third-order valence-electron chi connectivity index (χ3n) is 4.19. The Bertz CT molecular complexity index is 738. The first-order valence-electron chi connectivity index (χ1n) is 8.29. The number of rotatable bonds is 2. The zero-order valence-electron chi connectivity index (χ0n) is 14.3. The molecule has 0 radical (unpaired) electrons. The summed E-state index contributed by atoms with van der Waals surface area (Å²) in [5, 5.41) is 3.01.